The second-order valence-corrected chi connectivity index (χ2v) is 22.9. The molecule has 4 aliphatic carbocycles. The molecule has 5 aliphatic rings. The Morgan fingerprint density at radius 3 is 1.68 bits per heavy atom. The van der Waals surface area contributed by atoms with Crippen molar-refractivity contribution in [3.05, 3.63) is 0 Å². The molecule has 53 heavy (non-hydrogen) atoms. The summed E-state index contributed by atoms with van der Waals surface area (Å²) in [6.07, 6.45) is 34.8. The number of nitrogens with zero attached hydrogens (tertiary/aromatic N) is 1. The van der Waals surface area contributed by atoms with Gasteiger partial charge >= 0.3 is 0 Å². The van der Waals surface area contributed by atoms with E-state index in [0.29, 0.717) is 12.3 Å². The number of rotatable bonds is 23. The molecule has 0 aromatic carbocycles. The molecule has 0 aromatic heterocycles. The molecular weight excluding hydrogens is 699 g/mol. The topological polar surface area (TPSA) is 72.9 Å². The monoisotopic (exact) mass is 780 g/mol. The van der Waals surface area contributed by atoms with E-state index in [1.165, 1.54) is 108 Å². The first-order chi connectivity index (χ1) is 25.3. The van der Waals surface area contributed by atoms with Gasteiger partial charge in [0.15, 0.2) is 5.12 Å². The Bertz CT molecular complexity index is 1210. The third-order valence-electron chi connectivity index (χ3n) is 15.0. The summed E-state index contributed by atoms with van der Waals surface area (Å²) in [5.41, 5.74) is -1.48. The molecule has 1 saturated heterocycles. The van der Waals surface area contributed by atoms with E-state index in [0.717, 1.165) is 89.9 Å². The smallest absolute Gasteiger partial charge is 0.215 e. The molecule has 5 rings (SSSR count). The van der Waals surface area contributed by atoms with Gasteiger partial charge in [0, 0.05) is 35.6 Å². The zero-order chi connectivity index (χ0) is 38.0. The Morgan fingerprint density at radius 2 is 1.17 bits per heavy atom. The maximum atomic E-state index is 14.8. The van der Waals surface area contributed by atoms with Gasteiger partial charge in [-0.25, -0.2) is 18.2 Å². The van der Waals surface area contributed by atoms with Crippen molar-refractivity contribution >= 4 is 26.9 Å². The van der Waals surface area contributed by atoms with Crippen LogP contribution in [0.5, 0.6) is 0 Å². The van der Waals surface area contributed by atoms with Crippen molar-refractivity contribution in [2.75, 3.05) is 5.75 Å². The number of carbonyl (C=O) groups excluding carboxylic acids is 1. The van der Waals surface area contributed by atoms with Crippen LogP contribution in [0.15, 0.2) is 0 Å². The molecule has 4 saturated carbocycles. The number of fused-ring (bicyclic) bond motifs is 2. The number of carbonyl (C=O) groups is 1. The molecule has 8 heteroatoms. The number of hydrogen-bond acceptors (Lipinski definition) is 6. The van der Waals surface area contributed by atoms with Crippen molar-refractivity contribution in [3.8, 4) is 0 Å². The first-order valence-electron chi connectivity index (χ1n) is 22.9. The highest BCUT2D eigenvalue weighted by Crippen LogP contribution is 2.69. The minimum atomic E-state index is -3.50. The molecule has 6 nitrogen and oxygen atoms in total. The van der Waals surface area contributed by atoms with Crippen molar-refractivity contribution in [1.29, 1.82) is 0 Å². The number of unbranched alkanes of at least 4 members (excludes halogenated alkanes) is 13. The molecule has 1 aliphatic heterocycles. The van der Waals surface area contributed by atoms with Gasteiger partial charge in [-0.1, -0.05) is 161 Å². The molecule has 5 fully saturated rings. The Balaban J connectivity index is 1.08. The molecule has 5 atom stereocenters. The standard InChI is InChI=1S/C45H81NO5S2/c1-6-7-8-9-10-11-12-13-14-15-16-17-18-25-31-43(4)35-44(5,51-50-43)34-41(47)52-40-33-37-30-32-45(40,42(37,2)3)36-53(48,49)46(38-26-21-19-22-27-38)39-28-23-20-24-29-39/h37-40H,6-36H2,1-5H3/t37-,40-,43+,44+,45-/m1/s1. The van der Waals surface area contributed by atoms with Crippen LogP contribution >= 0.6 is 11.8 Å². The Hall–Kier alpha value is -0.150. The molecule has 0 unspecified atom stereocenters. The minimum absolute atomic E-state index is 0.0333. The molecule has 0 spiro atoms. The van der Waals surface area contributed by atoms with Crippen LogP contribution in [0.3, 0.4) is 0 Å². The van der Waals surface area contributed by atoms with Crippen LogP contribution in [0.1, 0.15) is 227 Å². The highest BCUT2D eigenvalue weighted by Gasteiger charge is 2.66. The predicted molar refractivity (Wildman–Crippen MR) is 222 cm³/mol. The molecule has 1 heterocycles. The maximum absolute atomic E-state index is 14.8. The van der Waals surface area contributed by atoms with Gasteiger partial charge < -0.3 is 0 Å². The van der Waals surface area contributed by atoms with E-state index in [-0.39, 0.29) is 44.6 Å². The van der Waals surface area contributed by atoms with Crippen LogP contribution in [0, 0.1) is 16.7 Å². The van der Waals surface area contributed by atoms with E-state index >= 15 is 0 Å². The van der Waals surface area contributed by atoms with Gasteiger partial charge in [-0.15, -0.1) is 0 Å². The van der Waals surface area contributed by atoms with Crippen molar-refractivity contribution in [2.45, 2.75) is 256 Å². The average Bonchev–Trinajstić information content (AvgIpc) is 3.62. The van der Waals surface area contributed by atoms with Gasteiger partial charge in [0.1, 0.15) is 11.2 Å². The summed E-state index contributed by atoms with van der Waals surface area (Å²) in [5, 5.41) is 0.171. The maximum Gasteiger partial charge on any atom is 0.215 e. The highest BCUT2D eigenvalue weighted by molar-refractivity contribution is 8.14. The van der Waals surface area contributed by atoms with Crippen LogP contribution in [0.2, 0.25) is 0 Å². The fourth-order valence-corrected chi connectivity index (χ4v) is 16.5. The zero-order valence-electron chi connectivity index (χ0n) is 35.0. The molecule has 0 amide bonds. The summed E-state index contributed by atoms with van der Waals surface area (Å²) in [7, 11) is -3.50. The zero-order valence-corrected chi connectivity index (χ0v) is 36.7. The Kier molecular flexibility index (Phi) is 16.6. The van der Waals surface area contributed by atoms with Crippen molar-refractivity contribution in [3.63, 3.8) is 0 Å². The third kappa shape index (κ3) is 11.5. The van der Waals surface area contributed by atoms with E-state index < -0.39 is 15.6 Å². The number of thioether (sulfide) groups is 1. The van der Waals surface area contributed by atoms with Gasteiger partial charge in [0.05, 0.1) is 5.75 Å². The van der Waals surface area contributed by atoms with E-state index in [1.807, 2.05) is 6.92 Å². The number of hydrogen-bond donors (Lipinski definition) is 0. The van der Waals surface area contributed by atoms with E-state index in [9.17, 15) is 13.2 Å². The molecule has 0 radical (unpaired) electrons. The van der Waals surface area contributed by atoms with E-state index in [2.05, 4.69) is 32.0 Å². The molecule has 0 aromatic rings. The lowest BCUT2D eigenvalue weighted by Gasteiger charge is -2.46. The minimum Gasteiger partial charge on any atom is -0.287 e. The lowest BCUT2D eigenvalue weighted by atomic mass is 9.70. The lowest BCUT2D eigenvalue weighted by molar-refractivity contribution is -0.344. The Morgan fingerprint density at radius 1 is 0.679 bits per heavy atom. The van der Waals surface area contributed by atoms with Crippen molar-refractivity contribution in [1.82, 2.24) is 4.31 Å². The largest absolute Gasteiger partial charge is 0.287 e. The van der Waals surface area contributed by atoms with Gasteiger partial charge in [-0.3, -0.25) is 4.79 Å². The summed E-state index contributed by atoms with van der Waals surface area (Å²) in [6.45, 7) is 11.1. The van der Waals surface area contributed by atoms with Crippen molar-refractivity contribution in [2.24, 2.45) is 16.7 Å². The van der Waals surface area contributed by atoms with Crippen LogP contribution < -0.4 is 0 Å². The van der Waals surface area contributed by atoms with Crippen molar-refractivity contribution < 1.29 is 23.0 Å². The second-order valence-electron chi connectivity index (χ2n) is 19.8. The highest BCUT2D eigenvalue weighted by atomic mass is 32.2. The normalized spacial score (nSPS) is 32.3. The van der Waals surface area contributed by atoms with Crippen LogP contribution in [-0.4, -0.2) is 52.1 Å². The summed E-state index contributed by atoms with van der Waals surface area (Å²) < 4.78 is 31.7. The summed E-state index contributed by atoms with van der Waals surface area (Å²) >= 11 is 1.46. The van der Waals surface area contributed by atoms with Crippen LogP contribution in [-0.2, 0) is 24.6 Å². The van der Waals surface area contributed by atoms with Crippen LogP contribution in [0.25, 0.3) is 0 Å². The molecule has 2 bridgehead atoms. The molecular formula is C45H81NO5S2. The summed E-state index contributed by atoms with van der Waals surface area (Å²) in [5.74, 6) is 0.672. The van der Waals surface area contributed by atoms with Gasteiger partial charge in [0.25, 0.3) is 0 Å². The SMILES string of the molecule is CCCCCCCCCCCCCCCC[C@@]1(C)C[C@](C)(CC(=O)S[C@@H]2C[C@H]3CC[C@]2(CS(=O)(=O)N(C2CCCCC2)C2CCCCC2)C3(C)C)OO1. The van der Waals surface area contributed by atoms with E-state index in [4.69, 9.17) is 9.78 Å². The average molecular weight is 780 g/mol. The van der Waals surface area contributed by atoms with Gasteiger partial charge in [0.2, 0.25) is 10.0 Å². The fourth-order valence-electron chi connectivity index (χ4n) is 11.8. The first-order valence-corrected chi connectivity index (χ1v) is 25.4. The lowest BCUT2D eigenvalue weighted by Crippen LogP contribution is -2.54. The first kappa shape index (κ1) is 44.0. The molecule has 308 valence electrons. The second kappa shape index (κ2) is 20.0. The van der Waals surface area contributed by atoms with Gasteiger partial charge in [-0.2, -0.15) is 4.31 Å². The summed E-state index contributed by atoms with van der Waals surface area (Å²) in [4.78, 5) is 26.0. The Labute approximate surface area is 331 Å². The van der Waals surface area contributed by atoms with Gasteiger partial charge in [-0.05, 0) is 76.5 Å². The van der Waals surface area contributed by atoms with Crippen LogP contribution in [0.4, 0.5) is 0 Å². The number of sulfonamides is 1. The fraction of sp³-hybridized carbons (Fsp3) is 0.978. The van der Waals surface area contributed by atoms with E-state index in [1.54, 1.807) is 0 Å². The third-order valence-corrected chi connectivity index (χ3v) is 18.5. The summed E-state index contributed by atoms with van der Waals surface area (Å²) in [6, 6.07) is 0.307. The molecule has 0 N–H and O–H groups in total. The quantitative estimate of drug-likeness (QED) is 0.0759. The predicted octanol–water partition coefficient (Wildman–Crippen LogP) is 12.9.